The summed E-state index contributed by atoms with van der Waals surface area (Å²) < 4.78 is 24.8. The van der Waals surface area contributed by atoms with Crippen molar-refractivity contribution in [1.82, 2.24) is 4.90 Å². The van der Waals surface area contributed by atoms with Crippen LogP contribution < -0.4 is 5.73 Å². The minimum absolute atomic E-state index is 0.0417. The van der Waals surface area contributed by atoms with Crippen molar-refractivity contribution in [2.75, 3.05) is 18.5 Å². The molecule has 0 bridgehead atoms. The van der Waals surface area contributed by atoms with Crippen LogP contribution in [0.3, 0.4) is 0 Å². The number of anilines is 1. The maximum absolute atomic E-state index is 12.9. The van der Waals surface area contributed by atoms with Crippen LogP contribution in [0.25, 0.3) is 0 Å². The van der Waals surface area contributed by atoms with Crippen molar-refractivity contribution < 1.29 is 13.4 Å². The van der Waals surface area contributed by atoms with E-state index >= 15 is 0 Å². The molecule has 1 aromatic rings. The second-order valence-electron chi connectivity index (χ2n) is 4.27. The lowest BCUT2D eigenvalue weighted by Gasteiger charge is -2.21. The van der Waals surface area contributed by atoms with Gasteiger partial charge in [-0.15, -0.1) is 0 Å². The molecule has 100 valence electrons. The molecule has 0 fully saturated rings. The molecule has 1 rings (SSSR count). The number of carbonyl (C=O) groups excluding carboxylic acids is 1. The van der Waals surface area contributed by atoms with Gasteiger partial charge in [0.15, 0.2) is 0 Å². The maximum Gasteiger partial charge on any atom is 0.235 e. The molecule has 1 amide bonds. The van der Waals surface area contributed by atoms with Gasteiger partial charge in [-0.3, -0.25) is 9.00 Å². The number of carbonyl (C=O) groups is 1. The van der Waals surface area contributed by atoms with Crippen LogP contribution in [0.2, 0.25) is 0 Å². The summed E-state index contributed by atoms with van der Waals surface area (Å²) in [5.74, 6) is -0.865. The Bertz CT molecular complexity index is 477. The Morgan fingerprint density at radius 3 is 2.61 bits per heavy atom. The summed E-state index contributed by atoms with van der Waals surface area (Å²) in [6.45, 7) is 3.74. The molecule has 1 aromatic carbocycles. The van der Waals surface area contributed by atoms with E-state index in [1.54, 1.807) is 7.05 Å². The molecular formula is C12H17FN2O2S. The number of nitrogens with zero attached hydrogens (tertiary/aromatic N) is 1. The smallest absolute Gasteiger partial charge is 0.235 e. The van der Waals surface area contributed by atoms with Crippen LogP contribution in [0.1, 0.15) is 13.8 Å². The second-order valence-corrected chi connectivity index (χ2v) is 5.69. The molecule has 2 N–H and O–H groups in total. The van der Waals surface area contributed by atoms with Crippen molar-refractivity contribution in [3.05, 3.63) is 24.0 Å². The Morgan fingerprint density at radius 2 is 2.11 bits per heavy atom. The summed E-state index contributed by atoms with van der Waals surface area (Å²) in [6.07, 6.45) is 0. The first-order chi connectivity index (χ1) is 8.32. The Balaban J connectivity index is 2.80. The zero-order valence-corrected chi connectivity index (χ0v) is 11.5. The van der Waals surface area contributed by atoms with Crippen molar-refractivity contribution in [2.45, 2.75) is 24.8 Å². The lowest BCUT2D eigenvalue weighted by atomic mass is 10.3. The fraction of sp³-hybridized carbons (Fsp3) is 0.417. The molecular weight excluding hydrogens is 255 g/mol. The number of nitrogens with two attached hydrogens (primary N) is 1. The van der Waals surface area contributed by atoms with Crippen LogP contribution in [0.5, 0.6) is 0 Å². The van der Waals surface area contributed by atoms with Gasteiger partial charge < -0.3 is 10.6 Å². The van der Waals surface area contributed by atoms with Crippen LogP contribution in [0, 0.1) is 5.82 Å². The van der Waals surface area contributed by atoms with E-state index in [9.17, 15) is 13.4 Å². The van der Waals surface area contributed by atoms with Crippen molar-refractivity contribution in [3.8, 4) is 0 Å². The molecule has 1 atom stereocenters. The van der Waals surface area contributed by atoms with Gasteiger partial charge in [0.05, 0.1) is 21.4 Å². The maximum atomic E-state index is 12.9. The number of amides is 1. The fourth-order valence-electron chi connectivity index (χ4n) is 1.31. The second kappa shape index (κ2) is 5.95. The first-order valence-electron chi connectivity index (χ1n) is 5.52. The van der Waals surface area contributed by atoms with Crippen molar-refractivity contribution >= 4 is 22.4 Å². The van der Waals surface area contributed by atoms with Crippen LogP contribution in [-0.4, -0.2) is 33.9 Å². The molecule has 18 heavy (non-hydrogen) atoms. The molecule has 0 aromatic heterocycles. The van der Waals surface area contributed by atoms with E-state index in [4.69, 9.17) is 5.73 Å². The number of benzene rings is 1. The number of halogens is 1. The Kier molecular flexibility index (Phi) is 4.84. The third-order valence-electron chi connectivity index (χ3n) is 2.64. The third kappa shape index (κ3) is 3.53. The molecule has 6 heteroatoms. The highest BCUT2D eigenvalue weighted by Crippen LogP contribution is 2.18. The fourth-order valence-corrected chi connectivity index (χ4v) is 2.43. The van der Waals surface area contributed by atoms with Gasteiger partial charge >= 0.3 is 0 Å². The van der Waals surface area contributed by atoms with Gasteiger partial charge in [-0.2, -0.15) is 0 Å². The zero-order valence-electron chi connectivity index (χ0n) is 10.6. The van der Waals surface area contributed by atoms with E-state index in [2.05, 4.69) is 0 Å². The normalized spacial score (nSPS) is 12.5. The molecule has 0 radical (unpaired) electrons. The highest BCUT2D eigenvalue weighted by molar-refractivity contribution is 7.86. The summed E-state index contributed by atoms with van der Waals surface area (Å²) >= 11 is 0. The molecule has 1 unspecified atom stereocenters. The Labute approximate surface area is 108 Å². The standard InChI is InChI=1S/C12H17FN2O2S/c1-8(2)15(3)12(16)7-18(17)11-5-4-9(13)6-10(11)14/h4-6,8H,7,14H2,1-3H3. The monoisotopic (exact) mass is 272 g/mol. The molecule has 0 saturated carbocycles. The van der Waals surface area contributed by atoms with Crippen LogP contribution in [0.15, 0.2) is 23.1 Å². The molecule has 0 spiro atoms. The first-order valence-corrected chi connectivity index (χ1v) is 6.84. The average Bonchev–Trinajstić information content (AvgIpc) is 2.27. The molecule has 0 aliphatic heterocycles. The van der Waals surface area contributed by atoms with Crippen molar-refractivity contribution in [2.24, 2.45) is 0 Å². The minimum Gasteiger partial charge on any atom is -0.398 e. The zero-order chi connectivity index (χ0) is 13.9. The van der Waals surface area contributed by atoms with Crippen LogP contribution in [-0.2, 0) is 15.6 Å². The minimum atomic E-state index is -1.55. The van der Waals surface area contributed by atoms with Gasteiger partial charge in [-0.05, 0) is 32.0 Å². The Morgan fingerprint density at radius 1 is 1.50 bits per heavy atom. The largest absolute Gasteiger partial charge is 0.398 e. The van der Waals surface area contributed by atoms with Gasteiger partial charge in [0.2, 0.25) is 5.91 Å². The average molecular weight is 272 g/mol. The topological polar surface area (TPSA) is 63.4 Å². The molecule has 0 heterocycles. The Hall–Kier alpha value is -1.43. The summed E-state index contributed by atoms with van der Waals surface area (Å²) in [5.41, 5.74) is 5.68. The van der Waals surface area contributed by atoms with E-state index in [1.165, 1.54) is 17.0 Å². The lowest BCUT2D eigenvalue weighted by molar-refractivity contribution is -0.128. The van der Waals surface area contributed by atoms with Gasteiger partial charge in [-0.25, -0.2) is 4.39 Å². The van der Waals surface area contributed by atoms with Crippen LogP contribution >= 0.6 is 0 Å². The first kappa shape index (κ1) is 14.6. The van der Waals surface area contributed by atoms with E-state index in [1.807, 2.05) is 13.8 Å². The highest BCUT2D eigenvalue weighted by atomic mass is 32.2. The summed E-state index contributed by atoms with van der Waals surface area (Å²) in [7, 11) is 0.0977. The summed E-state index contributed by atoms with van der Waals surface area (Å²) in [5, 5.41) is 0. The molecule has 0 aliphatic rings. The van der Waals surface area contributed by atoms with E-state index in [0.717, 1.165) is 6.07 Å². The summed E-state index contributed by atoms with van der Waals surface area (Å²) in [6, 6.07) is 3.67. The van der Waals surface area contributed by atoms with Gasteiger partial charge in [-0.1, -0.05) is 0 Å². The predicted molar refractivity (Wildman–Crippen MR) is 70.0 cm³/mol. The summed E-state index contributed by atoms with van der Waals surface area (Å²) in [4.78, 5) is 13.6. The molecule has 0 saturated heterocycles. The van der Waals surface area contributed by atoms with Crippen molar-refractivity contribution in [1.29, 1.82) is 0 Å². The van der Waals surface area contributed by atoms with Crippen LogP contribution in [0.4, 0.5) is 10.1 Å². The van der Waals surface area contributed by atoms with E-state index in [-0.39, 0.29) is 23.4 Å². The quantitative estimate of drug-likeness (QED) is 0.842. The van der Waals surface area contributed by atoms with E-state index < -0.39 is 16.6 Å². The number of hydrogen-bond acceptors (Lipinski definition) is 3. The third-order valence-corrected chi connectivity index (χ3v) is 4.01. The molecule has 0 aliphatic carbocycles. The van der Waals surface area contributed by atoms with Gasteiger partial charge in [0.1, 0.15) is 11.6 Å². The number of nitrogen functional groups attached to an aromatic ring is 1. The van der Waals surface area contributed by atoms with Gasteiger partial charge in [0, 0.05) is 13.1 Å². The SMILES string of the molecule is CC(C)N(C)C(=O)CS(=O)c1ccc(F)cc1N. The van der Waals surface area contributed by atoms with Crippen molar-refractivity contribution in [3.63, 3.8) is 0 Å². The van der Waals surface area contributed by atoms with Gasteiger partial charge in [0.25, 0.3) is 0 Å². The number of hydrogen-bond donors (Lipinski definition) is 1. The molecule has 4 nitrogen and oxygen atoms in total. The number of rotatable bonds is 4. The lowest BCUT2D eigenvalue weighted by Crippen LogP contribution is -2.36. The van der Waals surface area contributed by atoms with E-state index in [0.29, 0.717) is 4.90 Å². The predicted octanol–water partition coefficient (Wildman–Crippen LogP) is 1.38. The highest BCUT2D eigenvalue weighted by Gasteiger charge is 2.17.